The van der Waals surface area contributed by atoms with E-state index in [0.29, 0.717) is 26.4 Å². The summed E-state index contributed by atoms with van der Waals surface area (Å²) >= 11 is 4.65. The van der Waals surface area contributed by atoms with E-state index in [1.165, 1.54) is 7.14 Å². The lowest BCUT2D eigenvalue weighted by atomic mass is 10.1. The third-order valence-corrected chi connectivity index (χ3v) is 33.6. The first kappa shape index (κ1) is 59.9. The van der Waals surface area contributed by atoms with Gasteiger partial charge in [-0.15, -0.1) is 0 Å². The highest BCUT2D eigenvalue weighted by Crippen LogP contribution is 2.40. The molecule has 0 amide bonds. The largest absolute Gasteiger partial charge is 0.412 e. The molecule has 4 nitrogen and oxygen atoms in total. The molecule has 3 aromatic carbocycles. The Labute approximate surface area is 446 Å². The molecule has 68 heavy (non-hydrogen) atoms. The van der Waals surface area contributed by atoms with Gasteiger partial charge in [0.15, 0.2) is 33.3 Å². The van der Waals surface area contributed by atoms with Crippen molar-refractivity contribution >= 4 is 78.5 Å². The van der Waals surface area contributed by atoms with Crippen molar-refractivity contribution in [3.05, 3.63) is 124 Å². The second-order valence-corrected chi connectivity index (χ2v) is 45.4. The molecule has 0 saturated heterocycles. The zero-order valence-electron chi connectivity index (χ0n) is 45.1. The molecule has 0 aliphatic carbocycles. The molecule has 0 fully saturated rings. The van der Waals surface area contributed by atoms with E-state index in [1.54, 1.807) is 0 Å². The Morgan fingerprint density at radius 1 is 0.338 bits per heavy atom. The topological polar surface area (TPSA) is 36.9 Å². The average molecular weight is 1210 g/mol. The van der Waals surface area contributed by atoms with Crippen molar-refractivity contribution < 1.29 is 17.7 Å². The number of hydrogen-bond acceptors (Lipinski definition) is 4. The first-order chi connectivity index (χ1) is 31.0. The molecule has 3 aromatic rings. The van der Waals surface area contributed by atoms with Crippen LogP contribution in [0.3, 0.4) is 0 Å². The van der Waals surface area contributed by atoms with E-state index in [1.807, 2.05) is 24.3 Å². The van der Waals surface area contributed by atoms with E-state index >= 15 is 0 Å². The standard InChI is InChI=1S/C58H80I2O4Si4/c1-55(2,3)65(13,14)61-41-49(51(43-63-67(17,18)57(7,8)9)35-27-47-29-37-53(59)38-30-47)33-25-45-21-23-46(24-22-45)26-34-50(42-62-66(15,16)56(4,5)6)52(44-64-68(19,20)58(10,11)12)36-28-48-31-39-54(60)40-32-48/h21-24,29-32,37-40H,41-44H2,1-20H3/b51-49+,52-50+. The zero-order chi connectivity index (χ0) is 51.6. The lowest BCUT2D eigenvalue weighted by molar-refractivity contribution is 0.308. The molecule has 0 saturated carbocycles. The van der Waals surface area contributed by atoms with Gasteiger partial charge >= 0.3 is 0 Å². The third-order valence-electron chi connectivity index (χ3n) is 14.3. The van der Waals surface area contributed by atoms with Crippen molar-refractivity contribution in [2.24, 2.45) is 0 Å². The SMILES string of the molecule is CC(C)(C)[Si](C)(C)OC/C(C#Cc1ccc(I)cc1)=C(\C#Cc1ccc(C#C/C(CO[Si](C)(C)C(C)(C)C)=C(/C#Cc2ccc(I)cc2)CO[Si](C)(C)C(C)(C)C)cc1)CO[Si](C)(C)C(C)(C)C. The van der Waals surface area contributed by atoms with Crippen molar-refractivity contribution in [2.45, 2.75) is 156 Å². The molecular formula is C58H80I2O4Si4. The van der Waals surface area contributed by atoms with Gasteiger partial charge in [0.2, 0.25) is 0 Å². The van der Waals surface area contributed by atoms with Crippen LogP contribution in [0.2, 0.25) is 72.5 Å². The van der Waals surface area contributed by atoms with Crippen LogP contribution in [0.1, 0.15) is 105 Å². The summed E-state index contributed by atoms with van der Waals surface area (Å²) in [6.07, 6.45) is 0. The molecule has 0 N–H and O–H groups in total. The Bertz CT molecular complexity index is 2330. The van der Waals surface area contributed by atoms with Gasteiger partial charge in [-0.2, -0.15) is 0 Å². The molecule has 0 radical (unpaired) electrons. The van der Waals surface area contributed by atoms with Crippen LogP contribution < -0.4 is 0 Å². The molecule has 10 heteroatoms. The van der Waals surface area contributed by atoms with E-state index in [4.69, 9.17) is 17.7 Å². The van der Waals surface area contributed by atoms with Crippen molar-refractivity contribution in [1.29, 1.82) is 0 Å². The Morgan fingerprint density at radius 3 is 0.662 bits per heavy atom. The van der Waals surface area contributed by atoms with Gasteiger partial charge in [-0.25, -0.2) is 0 Å². The Hall–Kier alpha value is -2.45. The summed E-state index contributed by atoms with van der Waals surface area (Å²) in [4.78, 5) is 0. The van der Waals surface area contributed by atoms with Gasteiger partial charge in [0, 0.05) is 51.7 Å². The van der Waals surface area contributed by atoms with Crippen LogP contribution in [-0.4, -0.2) is 59.7 Å². The number of hydrogen-bond donors (Lipinski definition) is 0. The summed E-state index contributed by atoms with van der Waals surface area (Å²) in [5.41, 5.74) is 7.07. The van der Waals surface area contributed by atoms with Gasteiger partial charge in [0.1, 0.15) is 0 Å². The maximum atomic E-state index is 6.86. The number of halogens is 2. The number of benzene rings is 3. The molecule has 0 spiro atoms. The summed E-state index contributed by atoms with van der Waals surface area (Å²) in [6, 6.07) is 24.7. The fourth-order valence-electron chi connectivity index (χ4n) is 4.96. The van der Waals surface area contributed by atoms with E-state index in [2.05, 4.69) is 277 Å². The second-order valence-electron chi connectivity index (χ2n) is 23.7. The predicted molar refractivity (Wildman–Crippen MR) is 319 cm³/mol. The van der Waals surface area contributed by atoms with Crippen molar-refractivity contribution in [2.75, 3.05) is 26.4 Å². The Balaban J connectivity index is 2.22. The molecule has 0 bridgehead atoms. The maximum absolute atomic E-state index is 6.86. The van der Waals surface area contributed by atoms with Crippen LogP contribution in [-0.2, 0) is 17.7 Å². The van der Waals surface area contributed by atoms with E-state index in [-0.39, 0.29) is 20.2 Å². The summed E-state index contributed by atoms with van der Waals surface area (Å²) < 4.78 is 29.7. The van der Waals surface area contributed by atoms with Crippen LogP contribution in [0.4, 0.5) is 0 Å². The zero-order valence-corrected chi connectivity index (χ0v) is 53.5. The summed E-state index contributed by atoms with van der Waals surface area (Å²) in [5, 5.41) is 0.146. The van der Waals surface area contributed by atoms with Crippen LogP contribution in [0.15, 0.2) is 95.1 Å². The third kappa shape index (κ3) is 18.6. The number of rotatable bonds is 12. The Kier molecular flexibility index (Phi) is 21.4. The van der Waals surface area contributed by atoms with Gasteiger partial charge in [-0.3, -0.25) is 0 Å². The van der Waals surface area contributed by atoms with Crippen molar-refractivity contribution in [3.8, 4) is 47.4 Å². The van der Waals surface area contributed by atoms with Gasteiger partial charge in [-0.05, 0) is 191 Å². The molecule has 0 aliphatic heterocycles. The highest BCUT2D eigenvalue weighted by molar-refractivity contribution is 14.1. The molecule has 0 heterocycles. The van der Waals surface area contributed by atoms with Gasteiger partial charge in [0.05, 0.1) is 26.4 Å². The van der Waals surface area contributed by atoms with E-state index in [0.717, 1.165) is 44.5 Å². The van der Waals surface area contributed by atoms with E-state index < -0.39 is 33.3 Å². The first-order valence-electron chi connectivity index (χ1n) is 23.7. The molecule has 0 aromatic heterocycles. The summed E-state index contributed by atoms with van der Waals surface area (Å²) in [7, 11) is -8.51. The van der Waals surface area contributed by atoms with Crippen molar-refractivity contribution in [3.63, 3.8) is 0 Å². The quantitative estimate of drug-likeness (QED) is 0.103. The Morgan fingerprint density at radius 2 is 0.500 bits per heavy atom. The molecule has 0 unspecified atom stereocenters. The maximum Gasteiger partial charge on any atom is 0.192 e. The van der Waals surface area contributed by atoms with Crippen LogP contribution in [0.25, 0.3) is 0 Å². The van der Waals surface area contributed by atoms with Crippen molar-refractivity contribution in [1.82, 2.24) is 0 Å². The molecule has 0 aliphatic rings. The van der Waals surface area contributed by atoms with Crippen LogP contribution >= 0.6 is 45.2 Å². The molecular weight excluding hydrogens is 1130 g/mol. The minimum absolute atomic E-state index is 0.0327. The highest BCUT2D eigenvalue weighted by atomic mass is 127. The predicted octanol–water partition coefficient (Wildman–Crippen LogP) is 16.4. The molecule has 366 valence electrons. The normalized spacial score (nSPS) is 13.6. The first-order valence-corrected chi connectivity index (χ1v) is 37.5. The minimum Gasteiger partial charge on any atom is -0.412 e. The summed E-state index contributed by atoms with van der Waals surface area (Å²) in [6.45, 7) is 46.9. The van der Waals surface area contributed by atoms with E-state index in [9.17, 15) is 0 Å². The lowest BCUT2D eigenvalue weighted by Crippen LogP contribution is -2.42. The fourth-order valence-corrected chi connectivity index (χ4v) is 9.44. The summed E-state index contributed by atoms with van der Waals surface area (Å²) in [5.74, 6) is 28.0. The highest BCUT2D eigenvalue weighted by Gasteiger charge is 2.40. The molecule has 0 atom stereocenters. The lowest BCUT2D eigenvalue weighted by Gasteiger charge is -2.37. The molecule has 3 rings (SSSR count). The fraction of sp³-hybridized carbons (Fsp3) is 0.483. The van der Waals surface area contributed by atoms with Gasteiger partial charge < -0.3 is 17.7 Å². The van der Waals surface area contributed by atoms with Crippen LogP contribution in [0, 0.1) is 54.5 Å². The second kappa shape index (κ2) is 24.3. The van der Waals surface area contributed by atoms with Crippen LogP contribution in [0.5, 0.6) is 0 Å². The van der Waals surface area contributed by atoms with Gasteiger partial charge in [-0.1, -0.05) is 130 Å². The van der Waals surface area contributed by atoms with Gasteiger partial charge in [0.25, 0.3) is 0 Å². The average Bonchev–Trinajstić information content (AvgIpc) is 3.21. The monoisotopic (exact) mass is 1210 g/mol. The smallest absolute Gasteiger partial charge is 0.192 e. The minimum atomic E-state index is -2.14.